The van der Waals surface area contributed by atoms with Crippen molar-refractivity contribution < 1.29 is 4.74 Å². The second kappa shape index (κ2) is 9.71. The van der Waals surface area contributed by atoms with E-state index in [1.54, 1.807) is 7.11 Å². The largest absolute Gasteiger partial charge is 0.497 e. The van der Waals surface area contributed by atoms with Gasteiger partial charge in [0, 0.05) is 62.1 Å². The molecule has 4 heteroatoms. The third-order valence-corrected chi connectivity index (χ3v) is 6.80. The van der Waals surface area contributed by atoms with Crippen LogP contribution in [0.2, 0.25) is 0 Å². The summed E-state index contributed by atoms with van der Waals surface area (Å²) in [6, 6.07) is 15.3. The minimum atomic E-state index is 0.397. The Morgan fingerprint density at radius 1 is 1.10 bits per heavy atom. The van der Waals surface area contributed by atoms with E-state index < -0.39 is 0 Å². The van der Waals surface area contributed by atoms with Gasteiger partial charge in [-0.1, -0.05) is 30.0 Å². The number of rotatable bonds is 4. The summed E-state index contributed by atoms with van der Waals surface area (Å²) < 4.78 is 5.32. The van der Waals surface area contributed by atoms with E-state index in [2.05, 4.69) is 82.9 Å². The van der Waals surface area contributed by atoms with Crippen LogP contribution in [0.4, 0.5) is 0 Å². The van der Waals surface area contributed by atoms with Crippen LogP contribution in [-0.4, -0.2) is 61.6 Å². The maximum absolute atomic E-state index is 5.32. The Kier molecular flexibility index (Phi) is 6.82. The number of fused-ring (bicyclic) bond motifs is 1. The van der Waals surface area contributed by atoms with Crippen LogP contribution in [0.1, 0.15) is 34.6 Å². The Balaban J connectivity index is 1.47. The normalized spacial score (nSPS) is 19.9. The van der Waals surface area contributed by atoms with Crippen LogP contribution in [0.15, 0.2) is 42.5 Å². The summed E-state index contributed by atoms with van der Waals surface area (Å²) in [5.41, 5.74) is 5.32. The summed E-state index contributed by atoms with van der Waals surface area (Å²) in [6.45, 7) is 5.55. The van der Waals surface area contributed by atoms with Crippen molar-refractivity contribution in [1.29, 1.82) is 0 Å². The van der Waals surface area contributed by atoms with Crippen molar-refractivity contribution in [2.24, 2.45) is 0 Å². The molecule has 0 radical (unpaired) electrons. The molecule has 0 aromatic heterocycles. The van der Waals surface area contributed by atoms with Gasteiger partial charge in [-0.15, -0.1) is 0 Å². The van der Waals surface area contributed by atoms with Crippen LogP contribution >= 0.6 is 11.8 Å². The van der Waals surface area contributed by atoms with E-state index in [1.807, 2.05) is 0 Å². The lowest BCUT2D eigenvalue weighted by Gasteiger charge is -2.32. The molecule has 2 heterocycles. The fourth-order valence-electron chi connectivity index (χ4n) is 4.25. The van der Waals surface area contributed by atoms with Crippen molar-refractivity contribution in [2.45, 2.75) is 18.9 Å². The summed E-state index contributed by atoms with van der Waals surface area (Å²) in [6.07, 6.45) is 0.954. The fourth-order valence-corrected chi connectivity index (χ4v) is 5.23. The molecule has 1 unspecified atom stereocenters. The summed E-state index contributed by atoms with van der Waals surface area (Å²) in [7, 11) is 3.92. The molecular formula is C25H30N2OS. The molecule has 2 aromatic carbocycles. The molecule has 0 saturated carbocycles. The Morgan fingerprint density at radius 3 is 2.66 bits per heavy atom. The molecule has 4 rings (SSSR count). The summed E-state index contributed by atoms with van der Waals surface area (Å²) in [5, 5.41) is 0. The number of methoxy groups -OCH3 is 1. The van der Waals surface area contributed by atoms with Crippen molar-refractivity contribution in [3.8, 4) is 17.6 Å². The number of hydrogen-bond donors (Lipinski definition) is 0. The quantitative estimate of drug-likeness (QED) is 0.711. The molecule has 0 amide bonds. The van der Waals surface area contributed by atoms with E-state index in [-0.39, 0.29) is 0 Å². The van der Waals surface area contributed by atoms with Crippen molar-refractivity contribution in [3.05, 3.63) is 64.7 Å². The first-order chi connectivity index (χ1) is 14.2. The first-order valence-electron chi connectivity index (χ1n) is 10.5. The molecule has 29 heavy (non-hydrogen) atoms. The van der Waals surface area contributed by atoms with Crippen LogP contribution in [0.5, 0.6) is 5.75 Å². The van der Waals surface area contributed by atoms with Crippen LogP contribution in [0.25, 0.3) is 0 Å². The SMILES string of the molecule is COc1ccc(C2CN(C)Cc3cc(C#CCCN4CCSCC4)ccc32)cc1. The summed E-state index contributed by atoms with van der Waals surface area (Å²) in [4.78, 5) is 4.94. The van der Waals surface area contributed by atoms with Gasteiger partial charge in [-0.3, -0.25) is 0 Å². The number of nitrogens with zero attached hydrogens (tertiary/aromatic N) is 2. The lowest BCUT2D eigenvalue weighted by atomic mass is 9.84. The van der Waals surface area contributed by atoms with Crippen LogP contribution < -0.4 is 4.74 Å². The highest BCUT2D eigenvalue weighted by Crippen LogP contribution is 2.34. The van der Waals surface area contributed by atoms with E-state index in [4.69, 9.17) is 4.74 Å². The molecule has 0 N–H and O–H groups in total. The Hall–Kier alpha value is -1.93. The van der Waals surface area contributed by atoms with Gasteiger partial charge in [0.05, 0.1) is 7.11 Å². The average molecular weight is 407 g/mol. The summed E-state index contributed by atoms with van der Waals surface area (Å²) >= 11 is 2.06. The molecule has 2 aromatic rings. The van der Waals surface area contributed by atoms with Gasteiger partial charge in [-0.2, -0.15) is 11.8 Å². The smallest absolute Gasteiger partial charge is 0.118 e. The molecule has 152 valence electrons. The maximum Gasteiger partial charge on any atom is 0.118 e. The average Bonchev–Trinajstić information content (AvgIpc) is 2.77. The molecule has 0 aliphatic carbocycles. The topological polar surface area (TPSA) is 15.7 Å². The van der Waals surface area contributed by atoms with Gasteiger partial charge in [-0.05, 0) is 48.0 Å². The molecule has 1 atom stereocenters. The predicted molar refractivity (Wildman–Crippen MR) is 123 cm³/mol. The highest BCUT2D eigenvalue weighted by Gasteiger charge is 2.24. The monoisotopic (exact) mass is 406 g/mol. The first-order valence-corrected chi connectivity index (χ1v) is 11.6. The van der Waals surface area contributed by atoms with E-state index >= 15 is 0 Å². The van der Waals surface area contributed by atoms with Gasteiger partial charge < -0.3 is 14.5 Å². The Morgan fingerprint density at radius 2 is 1.90 bits per heavy atom. The second-order valence-electron chi connectivity index (χ2n) is 7.94. The Labute approximate surface area is 179 Å². The van der Waals surface area contributed by atoms with Gasteiger partial charge >= 0.3 is 0 Å². The standard InChI is InChI=1S/C25H30N2OS/c1-26-18-22-17-20(5-3-4-12-27-13-15-29-16-14-27)6-11-24(22)25(19-26)21-7-9-23(28-2)10-8-21/h6-11,17,25H,4,12-16,18-19H2,1-2H3. The zero-order chi connectivity index (χ0) is 20.1. The van der Waals surface area contributed by atoms with E-state index in [9.17, 15) is 0 Å². The molecular weight excluding hydrogens is 376 g/mol. The molecule has 0 bridgehead atoms. The highest BCUT2D eigenvalue weighted by molar-refractivity contribution is 7.99. The van der Waals surface area contributed by atoms with Crippen molar-refractivity contribution in [3.63, 3.8) is 0 Å². The third-order valence-electron chi connectivity index (χ3n) is 5.86. The minimum absolute atomic E-state index is 0.397. The van der Waals surface area contributed by atoms with E-state index in [1.165, 1.54) is 41.3 Å². The highest BCUT2D eigenvalue weighted by atomic mass is 32.2. The van der Waals surface area contributed by atoms with Gasteiger partial charge in [0.25, 0.3) is 0 Å². The van der Waals surface area contributed by atoms with E-state index in [0.29, 0.717) is 5.92 Å². The zero-order valence-corrected chi connectivity index (χ0v) is 18.3. The fraction of sp³-hybridized carbons (Fsp3) is 0.440. The maximum atomic E-state index is 5.32. The number of ether oxygens (including phenoxy) is 1. The van der Waals surface area contributed by atoms with Crippen LogP contribution in [-0.2, 0) is 6.54 Å². The predicted octanol–water partition coefficient (Wildman–Crippen LogP) is 4.06. The molecule has 0 spiro atoms. The van der Waals surface area contributed by atoms with Gasteiger partial charge in [0.15, 0.2) is 0 Å². The lowest BCUT2D eigenvalue weighted by Crippen LogP contribution is -2.33. The Bertz CT molecular complexity index is 878. The minimum Gasteiger partial charge on any atom is -0.497 e. The molecule has 3 nitrogen and oxygen atoms in total. The van der Waals surface area contributed by atoms with Gasteiger partial charge in [0.2, 0.25) is 0 Å². The molecule has 2 aliphatic rings. The number of thioether (sulfide) groups is 1. The number of benzene rings is 2. The number of likely N-dealkylation sites (N-methyl/N-ethyl adjacent to an activating group) is 1. The number of hydrogen-bond acceptors (Lipinski definition) is 4. The lowest BCUT2D eigenvalue weighted by molar-refractivity contribution is 0.295. The van der Waals surface area contributed by atoms with Crippen LogP contribution in [0.3, 0.4) is 0 Å². The molecule has 1 saturated heterocycles. The van der Waals surface area contributed by atoms with Crippen molar-refractivity contribution in [2.75, 3.05) is 51.8 Å². The van der Waals surface area contributed by atoms with Crippen molar-refractivity contribution >= 4 is 11.8 Å². The van der Waals surface area contributed by atoms with Crippen molar-refractivity contribution in [1.82, 2.24) is 9.80 Å². The molecule has 2 aliphatic heterocycles. The molecule has 1 fully saturated rings. The zero-order valence-electron chi connectivity index (χ0n) is 17.5. The van der Waals surface area contributed by atoms with Crippen LogP contribution in [0, 0.1) is 11.8 Å². The van der Waals surface area contributed by atoms with Gasteiger partial charge in [-0.25, -0.2) is 0 Å². The third kappa shape index (κ3) is 5.17. The second-order valence-corrected chi connectivity index (χ2v) is 9.17. The summed E-state index contributed by atoms with van der Waals surface area (Å²) in [5.74, 6) is 10.6. The van der Waals surface area contributed by atoms with Gasteiger partial charge in [0.1, 0.15) is 5.75 Å². The first kappa shape index (κ1) is 20.3. The van der Waals surface area contributed by atoms with E-state index in [0.717, 1.165) is 37.4 Å².